The lowest BCUT2D eigenvalue weighted by Crippen LogP contribution is -1.59. The molecule has 0 aromatic rings. The zero-order chi connectivity index (χ0) is 5.15. The molecule has 0 unspecified atom stereocenters. The van der Waals surface area contributed by atoms with E-state index in [0.29, 0.717) is 0 Å². The predicted molar refractivity (Wildman–Crippen MR) is 25.0 cm³/mol. The van der Waals surface area contributed by atoms with Crippen molar-refractivity contribution in [1.82, 2.24) is 0 Å². The first-order chi connectivity index (χ1) is 2.64. The molecule has 4 heteroatoms. The van der Waals surface area contributed by atoms with Gasteiger partial charge >= 0.3 is 0 Å². The summed E-state index contributed by atoms with van der Waals surface area (Å²) in [6, 6.07) is 0. The lowest BCUT2D eigenvalue weighted by Gasteiger charge is -1.80. The third kappa shape index (κ3) is 4.44. The summed E-state index contributed by atoms with van der Waals surface area (Å²) in [5.74, 6) is 0. The summed E-state index contributed by atoms with van der Waals surface area (Å²) in [5, 5.41) is -0.481. The van der Waals surface area contributed by atoms with Crippen LogP contribution in [-0.2, 0) is 0 Å². The van der Waals surface area contributed by atoms with E-state index in [1.165, 1.54) is 0 Å². The standard InChI is InChI=1S/CH3O2PS/c2-4(3)1-5/h1-3H/i1T. The van der Waals surface area contributed by atoms with Gasteiger partial charge in [0, 0.05) is 0 Å². The van der Waals surface area contributed by atoms with Crippen LogP contribution in [0.1, 0.15) is 1.37 Å². The molecule has 0 rings (SSSR count). The molecule has 0 atom stereocenters. The van der Waals surface area contributed by atoms with Crippen LogP contribution in [0.2, 0.25) is 0 Å². The van der Waals surface area contributed by atoms with E-state index < -0.39 is 13.5 Å². The van der Waals surface area contributed by atoms with Crippen molar-refractivity contribution in [1.29, 1.82) is 0 Å². The monoisotopic (exact) mass is 112 g/mol. The Kier molecular flexibility index (Phi) is 1.93. The van der Waals surface area contributed by atoms with Crippen LogP contribution in [0.25, 0.3) is 0 Å². The van der Waals surface area contributed by atoms with Crippen LogP contribution in [0, 0.1) is 0 Å². The minimum absolute atomic E-state index is 0.481. The molecule has 0 aliphatic heterocycles. The first-order valence-electron chi connectivity index (χ1n) is 1.33. The minimum atomic E-state index is -2.26. The molecule has 0 aliphatic carbocycles. The van der Waals surface area contributed by atoms with Gasteiger partial charge in [-0.2, -0.15) is 0 Å². The number of hydrogen-bond acceptors (Lipinski definition) is 3. The number of thiocarbonyl (C=S) groups is 1. The van der Waals surface area contributed by atoms with Crippen LogP contribution in [0.3, 0.4) is 0 Å². The second-order valence-electron chi connectivity index (χ2n) is 0.381. The molecule has 0 bridgehead atoms. The zero-order valence-electron chi connectivity index (χ0n) is 3.25. The molecule has 0 fully saturated rings. The average molecular weight is 112 g/mol. The molecule has 0 heterocycles. The molecule has 0 saturated carbocycles. The molecule has 30 valence electrons. The van der Waals surface area contributed by atoms with E-state index in [2.05, 4.69) is 12.2 Å². The van der Waals surface area contributed by atoms with Gasteiger partial charge in [0.05, 0.1) is 6.46 Å². The summed E-state index contributed by atoms with van der Waals surface area (Å²) in [6.07, 6.45) is 0. The van der Waals surface area contributed by atoms with E-state index in [0.717, 1.165) is 0 Å². The Hall–Kier alpha value is 0.440. The van der Waals surface area contributed by atoms with Gasteiger partial charge in [-0.1, -0.05) is 12.2 Å². The molecule has 2 N–H and O–H groups in total. The Balaban J connectivity index is 3.26. The van der Waals surface area contributed by atoms with E-state index >= 15 is 0 Å². The molecule has 0 aromatic carbocycles. The van der Waals surface area contributed by atoms with Crippen LogP contribution in [0.5, 0.6) is 0 Å². The van der Waals surface area contributed by atoms with Gasteiger partial charge in [0.1, 0.15) is 0 Å². The summed E-state index contributed by atoms with van der Waals surface area (Å²) >= 11 is 4.01. The van der Waals surface area contributed by atoms with E-state index in [1.807, 2.05) is 0 Å². The Morgan fingerprint density at radius 1 is 2.00 bits per heavy atom. The van der Waals surface area contributed by atoms with Crippen molar-refractivity contribution in [3.8, 4) is 0 Å². The van der Waals surface area contributed by atoms with Gasteiger partial charge in [-0.15, -0.1) is 0 Å². The van der Waals surface area contributed by atoms with Crippen molar-refractivity contribution in [2.75, 3.05) is 0 Å². The fraction of sp³-hybridized carbons (Fsp3) is 0. The Morgan fingerprint density at radius 2 is 2.20 bits per heavy atom. The predicted octanol–water partition coefficient (Wildman–Crippen LogP) is 0.240. The molecular formula is CH3O2PS. The van der Waals surface area contributed by atoms with Gasteiger partial charge < -0.3 is 9.79 Å². The van der Waals surface area contributed by atoms with Crippen LogP contribution >= 0.6 is 20.6 Å². The van der Waals surface area contributed by atoms with Crippen LogP contribution in [0.15, 0.2) is 0 Å². The molecular weight excluding hydrogens is 107 g/mol. The van der Waals surface area contributed by atoms with Crippen LogP contribution < -0.4 is 0 Å². The number of hydrogen-bond donors (Lipinski definition) is 2. The molecule has 0 spiro atoms. The normalized spacial score (nSPS) is 11.4. The van der Waals surface area contributed by atoms with E-state index in [9.17, 15) is 0 Å². The summed E-state index contributed by atoms with van der Waals surface area (Å²) < 4.78 is 6.29. The Morgan fingerprint density at radius 3 is 2.20 bits per heavy atom. The van der Waals surface area contributed by atoms with Gasteiger partial charge in [-0.25, -0.2) is 0 Å². The molecule has 2 nitrogen and oxygen atoms in total. The summed E-state index contributed by atoms with van der Waals surface area (Å²) in [6.45, 7) is 0. The molecule has 0 aromatic heterocycles. The van der Waals surface area contributed by atoms with Crippen LogP contribution in [-0.4, -0.2) is 14.9 Å². The highest BCUT2D eigenvalue weighted by Crippen LogP contribution is 2.16. The smallest absolute Gasteiger partial charge is 0.203 e. The highest BCUT2D eigenvalue weighted by molar-refractivity contribution is 7.92. The van der Waals surface area contributed by atoms with Gasteiger partial charge in [0.25, 0.3) is 0 Å². The second kappa shape index (κ2) is 2.67. The highest BCUT2D eigenvalue weighted by atomic mass is 32.1. The van der Waals surface area contributed by atoms with Gasteiger partial charge in [0.15, 0.2) is 0 Å². The quantitative estimate of drug-likeness (QED) is 0.377. The Bertz CT molecular complexity index is 64.6. The topological polar surface area (TPSA) is 40.5 Å². The van der Waals surface area contributed by atoms with Gasteiger partial charge in [-0.05, 0) is 0 Å². The average Bonchev–Trinajstić information content (AvgIpc) is 1.36. The van der Waals surface area contributed by atoms with E-state index in [1.54, 1.807) is 0 Å². The SMILES string of the molecule is [3H]C(=S)P(O)O. The van der Waals surface area contributed by atoms with Crippen LogP contribution in [0.4, 0.5) is 0 Å². The molecule has 0 radical (unpaired) electrons. The number of rotatable bonds is 1. The second-order valence-corrected chi connectivity index (χ2v) is 1.69. The zero-order valence-corrected chi connectivity index (χ0v) is 3.96. The fourth-order valence-corrected chi connectivity index (χ4v) is 0. The third-order valence-corrected chi connectivity index (χ3v) is 0.735. The van der Waals surface area contributed by atoms with E-state index in [-0.39, 0.29) is 0 Å². The van der Waals surface area contributed by atoms with Crippen molar-refractivity contribution in [3.63, 3.8) is 0 Å². The fourth-order valence-electron chi connectivity index (χ4n) is 0. The summed E-state index contributed by atoms with van der Waals surface area (Å²) in [7, 11) is -2.26. The first kappa shape index (κ1) is 3.62. The molecule has 0 amide bonds. The van der Waals surface area contributed by atoms with E-state index in [4.69, 9.17) is 11.2 Å². The maximum Gasteiger partial charge on any atom is 0.203 e. The van der Waals surface area contributed by atoms with Crippen molar-refractivity contribution >= 4 is 25.7 Å². The van der Waals surface area contributed by atoms with Crippen molar-refractivity contribution in [2.45, 2.75) is 0 Å². The Labute approximate surface area is 37.8 Å². The largest absolute Gasteiger partial charge is 0.346 e. The minimum Gasteiger partial charge on any atom is -0.346 e. The van der Waals surface area contributed by atoms with Gasteiger partial charge in [-0.3, -0.25) is 0 Å². The molecule has 5 heavy (non-hydrogen) atoms. The first-order valence-corrected chi connectivity index (χ1v) is 2.48. The summed E-state index contributed by atoms with van der Waals surface area (Å²) in [4.78, 5) is 15.8. The third-order valence-electron chi connectivity index (χ3n) is 0.0816. The molecule has 0 saturated heterocycles. The van der Waals surface area contributed by atoms with Crippen molar-refractivity contribution < 1.29 is 11.2 Å². The lowest BCUT2D eigenvalue weighted by molar-refractivity contribution is 0.502. The maximum absolute atomic E-state index is 7.92. The highest BCUT2D eigenvalue weighted by Gasteiger charge is 1.81. The van der Waals surface area contributed by atoms with Crippen molar-refractivity contribution in [2.24, 2.45) is 0 Å². The maximum atomic E-state index is 7.92. The molecule has 0 aliphatic rings. The summed E-state index contributed by atoms with van der Waals surface area (Å²) in [5.41, 5.74) is 0. The lowest BCUT2D eigenvalue weighted by atomic mass is 11.9. The van der Waals surface area contributed by atoms with Crippen molar-refractivity contribution in [3.05, 3.63) is 0 Å². The van der Waals surface area contributed by atoms with Gasteiger partial charge in [0.2, 0.25) is 8.38 Å².